The van der Waals surface area contributed by atoms with Crippen LogP contribution in [0.3, 0.4) is 0 Å². The van der Waals surface area contributed by atoms with E-state index in [0.29, 0.717) is 23.1 Å². The number of hydrogen-bond donors (Lipinski definition) is 2. The van der Waals surface area contributed by atoms with Crippen molar-refractivity contribution >= 4 is 30.4 Å². The molecule has 2 aliphatic rings. The van der Waals surface area contributed by atoms with Gasteiger partial charge in [-0.1, -0.05) is 72.8 Å². The van der Waals surface area contributed by atoms with Crippen molar-refractivity contribution in [2.75, 3.05) is 13.7 Å². The number of hydrogen-bond acceptors (Lipinski definition) is 10. The summed E-state index contributed by atoms with van der Waals surface area (Å²) >= 11 is 0. The Morgan fingerprint density at radius 2 is 1.79 bits per heavy atom. The van der Waals surface area contributed by atoms with E-state index in [2.05, 4.69) is 5.09 Å². The minimum atomic E-state index is -4.29. The second-order valence-electron chi connectivity index (χ2n) is 11.6. The van der Waals surface area contributed by atoms with Crippen LogP contribution in [0, 0.1) is 0 Å². The molecule has 0 aromatic heterocycles. The molecule has 0 aliphatic carbocycles. The number of amides is 1. The molecule has 3 aromatic rings. The number of nitrogens with two attached hydrogens (primary N) is 1. The predicted octanol–water partition coefficient (Wildman–Crippen LogP) is 5.15. The van der Waals surface area contributed by atoms with Crippen molar-refractivity contribution < 1.29 is 42.1 Å². The van der Waals surface area contributed by atoms with E-state index in [0.717, 1.165) is 10.9 Å². The molecule has 5 rings (SSSR count). The maximum atomic E-state index is 14.5. The summed E-state index contributed by atoms with van der Waals surface area (Å²) in [6.07, 6.45) is 3.19. The number of carbonyl (C=O) groups is 2. The number of rotatable bonds is 14. The van der Waals surface area contributed by atoms with Gasteiger partial charge < -0.3 is 34.1 Å². The Labute approximate surface area is 274 Å². The number of primary amides is 1. The topological polar surface area (TPSA) is 148 Å². The van der Waals surface area contributed by atoms with Crippen LogP contribution in [0.4, 0.5) is 0 Å². The van der Waals surface area contributed by atoms with E-state index < -0.39 is 49.9 Å². The van der Waals surface area contributed by atoms with E-state index in [1.807, 2.05) is 60.7 Å². The quantitative estimate of drug-likeness (QED) is 0.174. The molecule has 3 unspecified atom stereocenters. The van der Waals surface area contributed by atoms with E-state index in [9.17, 15) is 14.2 Å². The minimum Gasteiger partial charge on any atom is -0.460 e. The van der Waals surface area contributed by atoms with Gasteiger partial charge in [0.25, 0.3) is 0 Å². The first-order valence-electron chi connectivity index (χ1n) is 15.2. The number of carbonyl (C=O) groups excluding carboxylic acids is 2. The molecule has 5 atom stereocenters. The normalized spacial score (nSPS) is 21.4. The Hall–Kier alpha value is -4.03. The Morgan fingerprint density at radius 1 is 1.06 bits per heavy atom. The van der Waals surface area contributed by atoms with E-state index in [-0.39, 0.29) is 13.2 Å². The summed E-state index contributed by atoms with van der Waals surface area (Å²) in [5.41, 5.74) is 6.74. The highest BCUT2D eigenvalue weighted by Gasteiger charge is 2.48. The van der Waals surface area contributed by atoms with Crippen molar-refractivity contribution in [3.63, 3.8) is 0 Å². The lowest BCUT2D eigenvalue weighted by Gasteiger charge is -2.33. The Balaban J connectivity index is 1.37. The first-order valence-corrected chi connectivity index (χ1v) is 16.7. The predicted molar refractivity (Wildman–Crippen MR) is 174 cm³/mol. The molecule has 0 saturated carbocycles. The zero-order valence-electron chi connectivity index (χ0n) is 26.7. The number of allylic oxidation sites excluding steroid dienone is 1. The largest absolute Gasteiger partial charge is 0.460 e. The van der Waals surface area contributed by atoms with Crippen LogP contribution in [0.25, 0.3) is 10.8 Å². The van der Waals surface area contributed by atoms with Gasteiger partial charge in [0.2, 0.25) is 5.91 Å². The van der Waals surface area contributed by atoms with E-state index >= 15 is 0 Å². The molecule has 0 bridgehead atoms. The molecule has 250 valence electrons. The van der Waals surface area contributed by atoms with Crippen LogP contribution < -0.4 is 15.3 Å². The number of ether oxygens (including phenoxy) is 4. The van der Waals surface area contributed by atoms with E-state index in [1.54, 1.807) is 49.4 Å². The van der Waals surface area contributed by atoms with Crippen molar-refractivity contribution in [3.05, 3.63) is 102 Å². The maximum absolute atomic E-state index is 14.5. The summed E-state index contributed by atoms with van der Waals surface area (Å²) < 4.78 is 50.3. The van der Waals surface area contributed by atoms with Crippen LogP contribution in [0.5, 0.6) is 5.75 Å². The van der Waals surface area contributed by atoms with Crippen molar-refractivity contribution in [2.24, 2.45) is 5.73 Å². The van der Waals surface area contributed by atoms with Gasteiger partial charge >= 0.3 is 13.7 Å². The molecule has 47 heavy (non-hydrogen) atoms. The van der Waals surface area contributed by atoms with Gasteiger partial charge in [0.15, 0.2) is 12.0 Å². The molecule has 1 amide bonds. The fraction of sp³-hybridized carbons (Fsp3) is 0.353. The molecule has 1 fully saturated rings. The standard InChI is InChI=1S/C34H40N3O9P/c1-23(33(39)42-21-24-12-6-5-7-13-24)36-47(40,46-28-18-10-15-25-14-8-9-17-27(25)28)43-22-29(41-4)30-32(45-34(2,3)44-30)37-19-11-16-26(20-37)31(35)38/h5-15,17-20,23,29-30,32H,16,21-22H2,1-4H3,(H2,35,38)(H,36,40)/t23?,29?,30-,32-,47?/m1/s1. The molecule has 2 heterocycles. The van der Waals surface area contributed by atoms with Gasteiger partial charge in [-0.3, -0.25) is 14.1 Å². The zero-order chi connectivity index (χ0) is 33.6. The highest BCUT2D eigenvalue weighted by atomic mass is 31.2. The number of benzene rings is 3. The SMILES string of the molecule is COC(COP(=O)(NC(C)C(=O)OCc1ccccc1)Oc1cccc2ccccc12)[C@H]1OC(C)(C)O[C@H]1N1C=CCC(C(N)=O)=C1. The lowest BCUT2D eigenvalue weighted by molar-refractivity contribution is -0.163. The molecule has 13 heteroatoms. The molecule has 3 N–H and O–H groups in total. The lowest BCUT2D eigenvalue weighted by Crippen LogP contribution is -2.46. The molecular weight excluding hydrogens is 625 g/mol. The third-order valence-electron chi connectivity index (χ3n) is 7.61. The van der Waals surface area contributed by atoms with Crippen molar-refractivity contribution in [3.8, 4) is 5.75 Å². The van der Waals surface area contributed by atoms with Gasteiger partial charge in [0, 0.05) is 30.5 Å². The molecule has 3 aromatic carbocycles. The van der Waals surface area contributed by atoms with Crippen LogP contribution in [0.15, 0.2) is 96.8 Å². The first-order chi connectivity index (χ1) is 22.5. The Morgan fingerprint density at radius 3 is 2.53 bits per heavy atom. The van der Waals surface area contributed by atoms with Gasteiger partial charge in [-0.05, 0) is 44.2 Å². The second-order valence-corrected chi connectivity index (χ2v) is 13.3. The fourth-order valence-electron chi connectivity index (χ4n) is 5.27. The first kappa shape index (κ1) is 34.3. The van der Waals surface area contributed by atoms with Crippen molar-refractivity contribution in [1.82, 2.24) is 9.99 Å². The minimum absolute atomic E-state index is 0.0415. The van der Waals surface area contributed by atoms with Crippen LogP contribution >= 0.6 is 7.75 Å². The monoisotopic (exact) mass is 665 g/mol. The van der Waals surface area contributed by atoms with Gasteiger partial charge in [-0.2, -0.15) is 5.09 Å². The Bertz CT molecular complexity index is 1670. The number of nitrogens with zero attached hydrogens (tertiary/aromatic N) is 1. The molecule has 1 saturated heterocycles. The highest BCUT2D eigenvalue weighted by molar-refractivity contribution is 7.52. The maximum Gasteiger partial charge on any atom is 0.459 e. The molecule has 0 spiro atoms. The lowest BCUT2D eigenvalue weighted by atomic mass is 10.1. The summed E-state index contributed by atoms with van der Waals surface area (Å²) in [6.45, 7) is 4.76. The number of fused-ring (bicyclic) bond motifs is 1. The second kappa shape index (κ2) is 14.8. The number of esters is 1. The van der Waals surface area contributed by atoms with E-state index in [1.165, 1.54) is 14.0 Å². The van der Waals surface area contributed by atoms with Crippen LogP contribution in [0.1, 0.15) is 32.8 Å². The van der Waals surface area contributed by atoms with Gasteiger partial charge in [0.1, 0.15) is 30.6 Å². The van der Waals surface area contributed by atoms with Crippen LogP contribution in [-0.2, 0) is 44.2 Å². The van der Waals surface area contributed by atoms with Gasteiger partial charge in [-0.15, -0.1) is 0 Å². The van der Waals surface area contributed by atoms with Gasteiger partial charge in [-0.25, -0.2) is 4.57 Å². The zero-order valence-corrected chi connectivity index (χ0v) is 27.6. The molecule has 2 aliphatic heterocycles. The third-order valence-corrected chi connectivity index (χ3v) is 9.24. The van der Waals surface area contributed by atoms with Crippen LogP contribution in [0.2, 0.25) is 0 Å². The van der Waals surface area contributed by atoms with Gasteiger partial charge in [0.05, 0.1) is 6.61 Å². The highest BCUT2D eigenvalue weighted by Crippen LogP contribution is 2.47. The van der Waals surface area contributed by atoms with Crippen molar-refractivity contribution in [2.45, 2.75) is 64.1 Å². The average Bonchev–Trinajstić information content (AvgIpc) is 3.39. The average molecular weight is 666 g/mol. The summed E-state index contributed by atoms with van der Waals surface area (Å²) in [4.78, 5) is 26.6. The molecule has 12 nitrogen and oxygen atoms in total. The third kappa shape index (κ3) is 8.66. The van der Waals surface area contributed by atoms with Crippen molar-refractivity contribution in [1.29, 1.82) is 0 Å². The smallest absolute Gasteiger partial charge is 0.459 e. The summed E-state index contributed by atoms with van der Waals surface area (Å²) in [6, 6.07) is 20.9. The Kier molecular flexibility index (Phi) is 10.8. The summed E-state index contributed by atoms with van der Waals surface area (Å²) in [7, 11) is -2.83. The fourth-order valence-corrected chi connectivity index (χ4v) is 6.79. The molecule has 0 radical (unpaired) electrons. The summed E-state index contributed by atoms with van der Waals surface area (Å²) in [5.74, 6) is -1.93. The number of nitrogens with one attached hydrogen (secondary N) is 1. The summed E-state index contributed by atoms with van der Waals surface area (Å²) in [5, 5.41) is 4.31. The van der Waals surface area contributed by atoms with Crippen LogP contribution in [-0.4, -0.2) is 60.8 Å². The van der Waals surface area contributed by atoms with E-state index in [4.69, 9.17) is 33.7 Å². The number of methoxy groups -OCH3 is 1. The molecular formula is C34H40N3O9P.